The van der Waals surface area contributed by atoms with Crippen LogP contribution in [0.1, 0.15) is 28.4 Å². The highest BCUT2D eigenvalue weighted by atomic mass is 79.9. The molecule has 0 amide bonds. The summed E-state index contributed by atoms with van der Waals surface area (Å²) >= 11 is 3.06. The fourth-order valence-corrected chi connectivity index (χ4v) is 2.40. The maximum atomic E-state index is 13.2. The van der Waals surface area contributed by atoms with Crippen LogP contribution in [0.15, 0.2) is 41.0 Å². The summed E-state index contributed by atoms with van der Waals surface area (Å²) in [5.74, 6) is 5.47. The van der Waals surface area contributed by atoms with Crippen molar-refractivity contribution in [3.63, 3.8) is 0 Å². The van der Waals surface area contributed by atoms with E-state index in [1.54, 1.807) is 25.1 Å². The maximum absolute atomic E-state index is 13.2. The van der Waals surface area contributed by atoms with E-state index in [0.717, 1.165) is 11.8 Å². The molecule has 3 N–H and O–H groups in total. The van der Waals surface area contributed by atoms with E-state index in [2.05, 4.69) is 26.3 Å². The minimum atomic E-state index is -4.47. The van der Waals surface area contributed by atoms with E-state index in [4.69, 9.17) is 5.84 Å². The third-order valence-corrected chi connectivity index (χ3v) is 3.56. The fraction of sp³-hybridized carbons (Fsp3) is 0.214. The Balaban J connectivity index is 2.55. The molecule has 1 unspecified atom stereocenters. The Morgan fingerprint density at radius 1 is 1.24 bits per heavy atom. The summed E-state index contributed by atoms with van der Waals surface area (Å²) in [5.41, 5.74) is 3.09. The van der Waals surface area contributed by atoms with Crippen LogP contribution in [-0.2, 0) is 6.18 Å². The highest BCUT2D eigenvalue weighted by Crippen LogP contribution is 2.37. The van der Waals surface area contributed by atoms with Gasteiger partial charge in [-0.25, -0.2) is 5.43 Å². The summed E-state index contributed by atoms with van der Waals surface area (Å²) in [6.45, 7) is 1.80. The molecule has 0 fully saturated rings. The molecular formula is C14H13BrF3N3. The Hall–Kier alpha value is -1.44. The lowest BCUT2D eigenvalue weighted by atomic mass is 9.95. The van der Waals surface area contributed by atoms with Gasteiger partial charge in [0.25, 0.3) is 0 Å². The summed E-state index contributed by atoms with van der Waals surface area (Å²) in [6.07, 6.45) is -2.95. The zero-order chi connectivity index (χ0) is 15.6. The molecule has 0 saturated carbocycles. The molecule has 3 nitrogen and oxygen atoms in total. The van der Waals surface area contributed by atoms with Gasteiger partial charge in [-0.1, -0.05) is 28.1 Å². The van der Waals surface area contributed by atoms with E-state index >= 15 is 0 Å². The quantitative estimate of drug-likeness (QED) is 0.648. The van der Waals surface area contributed by atoms with Crippen LogP contribution < -0.4 is 11.3 Å². The predicted octanol–water partition coefficient (Wildman–Crippen LogP) is 3.72. The lowest BCUT2D eigenvalue weighted by Gasteiger charge is -2.21. The molecule has 0 aliphatic carbocycles. The van der Waals surface area contributed by atoms with Gasteiger partial charge in [0.15, 0.2) is 0 Å². The second-order valence-corrected chi connectivity index (χ2v) is 5.48. The number of nitrogens with one attached hydrogen (secondary N) is 1. The molecule has 1 heterocycles. The van der Waals surface area contributed by atoms with Gasteiger partial charge in [-0.2, -0.15) is 13.2 Å². The molecule has 2 rings (SSSR count). The number of hydrazine groups is 1. The number of pyridine rings is 1. The van der Waals surface area contributed by atoms with Crippen molar-refractivity contribution in [2.24, 2.45) is 5.84 Å². The van der Waals surface area contributed by atoms with Crippen LogP contribution in [0, 0.1) is 6.92 Å². The molecular weight excluding hydrogens is 347 g/mol. The number of nitrogens with zero attached hydrogens (tertiary/aromatic N) is 1. The lowest BCUT2D eigenvalue weighted by Crippen LogP contribution is -2.30. The molecule has 0 radical (unpaired) electrons. The van der Waals surface area contributed by atoms with Gasteiger partial charge in [-0.3, -0.25) is 10.8 Å². The summed E-state index contributed by atoms with van der Waals surface area (Å²) in [6, 6.07) is 6.64. The summed E-state index contributed by atoms with van der Waals surface area (Å²) < 4.78 is 40.0. The zero-order valence-electron chi connectivity index (χ0n) is 11.1. The summed E-state index contributed by atoms with van der Waals surface area (Å²) in [4.78, 5) is 4.10. The number of aryl methyl sites for hydroxylation is 1. The van der Waals surface area contributed by atoms with E-state index in [1.165, 1.54) is 12.3 Å². The molecule has 1 atom stereocenters. The molecule has 0 spiro atoms. The van der Waals surface area contributed by atoms with Crippen molar-refractivity contribution in [3.8, 4) is 0 Å². The first-order valence-corrected chi connectivity index (χ1v) is 6.87. The largest absolute Gasteiger partial charge is 0.416 e. The Labute approximate surface area is 128 Å². The van der Waals surface area contributed by atoms with Crippen LogP contribution in [0.2, 0.25) is 0 Å². The number of aromatic nitrogens is 1. The third-order valence-electron chi connectivity index (χ3n) is 3.07. The van der Waals surface area contributed by atoms with Crippen LogP contribution in [0.4, 0.5) is 13.2 Å². The molecule has 0 saturated heterocycles. The molecule has 7 heteroatoms. The van der Waals surface area contributed by atoms with Crippen molar-refractivity contribution in [1.29, 1.82) is 0 Å². The van der Waals surface area contributed by atoms with E-state index in [-0.39, 0.29) is 5.56 Å². The van der Waals surface area contributed by atoms with Gasteiger partial charge in [-0.05, 0) is 36.2 Å². The third kappa shape index (κ3) is 3.61. The lowest BCUT2D eigenvalue weighted by molar-refractivity contribution is -0.138. The Kier molecular flexibility index (Phi) is 4.65. The van der Waals surface area contributed by atoms with Gasteiger partial charge in [0.2, 0.25) is 0 Å². The van der Waals surface area contributed by atoms with Crippen molar-refractivity contribution in [1.82, 2.24) is 10.4 Å². The van der Waals surface area contributed by atoms with Crippen LogP contribution in [0.3, 0.4) is 0 Å². The maximum Gasteiger partial charge on any atom is 0.416 e. The highest BCUT2D eigenvalue weighted by molar-refractivity contribution is 9.10. The average molecular weight is 360 g/mol. The molecule has 2 aromatic rings. The minimum Gasteiger partial charge on any atom is -0.271 e. The van der Waals surface area contributed by atoms with Gasteiger partial charge in [0.05, 0.1) is 11.6 Å². The molecule has 0 aliphatic rings. The second-order valence-electron chi connectivity index (χ2n) is 4.56. The molecule has 1 aromatic carbocycles. The van der Waals surface area contributed by atoms with Crippen molar-refractivity contribution in [2.75, 3.05) is 0 Å². The number of alkyl halides is 3. The number of rotatable bonds is 3. The summed E-state index contributed by atoms with van der Waals surface area (Å²) in [7, 11) is 0. The molecule has 112 valence electrons. The molecule has 21 heavy (non-hydrogen) atoms. The number of halogens is 4. The van der Waals surface area contributed by atoms with Crippen LogP contribution >= 0.6 is 15.9 Å². The first-order chi connectivity index (χ1) is 9.82. The van der Waals surface area contributed by atoms with Gasteiger partial charge >= 0.3 is 6.18 Å². The smallest absolute Gasteiger partial charge is 0.271 e. The van der Waals surface area contributed by atoms with Gasteiger partial charge in [-0.15, -0.1) is 0 Å². The van der Waals surface area contributed by atoms with Crippen molar-refractivity contribution in [2.45, 2.75) is 19.1 Å². The number of benzene rings is 1. The van der Waals surface area contributed by atoms with Crippen molar-refractivity contribution < 1.29 is 13.2 Å². The molecule has 1 aromatic heterocycles. The van der Waals surface area contributed by atoms with Crippen molar-refractivity contribution in [3.05, 3.63) is 63.4 Å². The van der Waals surface area contributed by atoms with Crippen LogP contribution in [0.25, 0.3) is 0 Å². The number of hydrogen-bond donors (Lipinski definition) is 2. The first kappa shape index (κ1) is 15.9. The van der Waals surface area contributed by atoms with E-state index in [9.17, 15) is 13.2 Å². The SMILES string of the molecule is Cc1ccc(C(NN)c2ccc(Br)cc2C(F)(F)F)cn1. The highest BCUT2D eigenvalue weighted by Gasteiger charge is 2.35. The van der Waals surface area contributed by atoms with Crippen LogP contribution in [0.5, 0.6) is 0 Å². The topological polar surface area (TPSA) is 50.9 Å². The van der Waals surface area contributed by atoms with E-state index in [0.29, 0.717) is 10.0 Å². The van der Waals surface area contributed by atoms with Gasteiger partial charge < -0.3 is 0 Å². The Morgan fingerprint density at radius 3 is 2.48 bits per heavy atom. The number of hydrogen-bond acceptors (Lipinski definition) is 3. The van der Waals surface area contributed by atoms with Gasteiger partial charge in [0, 0.05) is 16.4 Å². The number of nitrogens with two attached hydrogens (primary N) is 1. The Morgan fingerprint density at radius 2 is 1.95 bits per heavy atom. The zero-order valence-corrected chi connectivity index (χ0v) is 12.7. The van der Waals surface area contributed by atoms with Gasteiger partial charge in [0.1, 0.15) is 0 Å². The van der Waals surface area contributed by atoms with E-state index < -0.39 is 17.8 Å². The van der Waals surface area contributed by atoms with Crippen LogP contribution in [-0.4, -0.2) is 4.98 Å². The molecule has 0 aliphatic heterocycles. The monoisotopic (exact) mass is 359 g/mol. The summed E-state index contributed by atoms with van der Waals surface area (Å²) in [5, 5.41) is 0. The average Bonchev–Trinajstić information content (AvgIpc) is 2.42. The second kappa shape index (κ2) is 6.13. The predicted molar refractivity (Wildman–Crippen MR) is 77.3 cm³/mol. The van der Waals surface area contributed by atoms with Crippen molar-refractivity contribution >= 4 is 15.9 Å². The molecule has 0 bridgehead atoms. The first-order valence-electron chi connectivity index (χ1n) is 6.08. The van der Waals surface area contributed by atoms with E-state index in [1.807, 2.05) is 0 Å². The minimum absolute atomic E-state index is 0.0545. The normalized spacial score (nSPS) is 13.2. The Bertz CT molecular complexity index is 626. The standard InChI is InChI=1S/C14H13BrF3N3/c1-8-2-3-9(7-20-8)13(21-19)11-5-4-10(15)6-12(11)14(16,17)18/h2-7,13,21H,19H2,1H3. The fourth-order valence-electron chi connectivity index (χ4n) is 2.04.